The molecule has 324 valence electrons. The van der Waals surface area contributed by atoms with Crippen molar-refractivity contribution in [1.82, 2.24) is 5.32 Å². The number of aldehydes is 1. The van der Waals surface area contributed by atoms with E-state index in [1.54, 1.807) is 7.05 Å². The number of unbranched alkanes of at least 4 members (excludes halogenated alkanes) is 19. The van der Waals surface area contributed by atoms with Gasteiger partial charge in [0.15, 0.2) is 0 Å². The van der Waals surface area contributed by atoms with E-state index in [2.05, 4.69) is 29.3 Å². The molecule has 0 spiro atoms. The molecule has 0 heterocycles. The van der Waals surface area contributed by atoms with Crippen LogP contribution in [0.2, 0.25) is 0 Å². The maximum Gasteiger partial charge on any atom is 0.305 e. The van der Waals surface area contributed by atoms with E-state index in [4.69, 9.17) is 5.11 Å². The first-order chi connectivity index (χ1) is 26.6. The van der Waals surface area contributed by atoms with Crippen LogP contribution in [-0.4, -0.2) is 96.5 Å². The van der Waals surface area contributed by atoms with Gasteiger partial charge in [0.2, 0.25) is 0 Å². The summed E-state index contributed by atoms with van der Waals surface area (Å²) in [5.74, 6) is -1.22. The maximum absolute atomic E-state index is 10.8. The number of aliphatic carboxylic acids is 1. The van der Waals surface area contributed by atoms with Crippen LogP contribution in [0.1, 0.15) is 180 Å². The van der Waals surface area contributed by atoms with Crippen molar-refractivity contribution in [3.05, 3.63) is 0 Å². The first-order valence-corrected chi connectivity index (χ1v) is 20.6. The summed E-state index contributed by atoms with van der Waals surface area (Å²) in [5.41, 5.74) is 0. The molecule has 0 aliphatic carbocycles. The number of nitrogens with one attached hydrogen (secondary N) is 1. The van der Waals surface area contributed by atoms with E-state index >= 15 is 0 Å². The second-order valence-corrected chi connectivity index (χ2v) is 13.2. The fraction of sp³-hybridized carbons (Fsp3) is 0.833. The van der Waals surface area contributed by atoms with Gasteiger partial charge in [0.25, 0.3) is 0 Å². The minimum absolute atomic E-state index is 0.0832. The van der Waals surface area contributed by atoms with Crippen molar-refractivity contribution in [2.75, 3.05) is 49.1 Å². The highest BCUT2D eigenvalue weighted by Gasteiger charge is 2.02. The summed E-state index contributed by atoms with van der Waals surface area (Å²) in [6, 6.07) is 0. The topological polar surface area (TPSA) is 184 Å². The smallest absolute Gasteiger partial charge is 0.305 e. The molecule has 0 aliphatic rings. The van der Waals surface area contributed by atoms with Crippen LogP contribution in [0.25, 0.3) is 0 Å². The normalized spacial score (nSPS) is 10.1. The molecule has 0 aromatic rings. The van der Waals surface area contributed by atoms with Crippen molar-refractivity contribution in [2.24, 2.45) is 4.99 Å². The molecule has 0 aromatic heterocycles. The van der Waals surface area contributed by atoms with Gasteiger partial charge in [0, 0.05) is 45.6 Å². The van der Waals surface area contributed by atoms with Crippen molar-refractivity contribution in [1.29, 1.82) is 0 Å². The Balaban J connectivity index is -0.000000315. The Hall–Kier alpha value is -3.35. The molecule has 0 atom stereocenters. The highest BCUT2D eigenvalue weighted by atomic mass is 16.5. The summed E-state index contributed by atoms with van der Waals surface area (Å²) < 4.78 is 18.1. The molecule has 0 amide bonds. The van der Waals surface area contributed by atoms with Crippen LogP contribution in [0.15, 0.2) is 4.99 Å². The monoisotopic (exact) mass is 789 g/mol. The number of esters is 4. The van der Waals surface area contributed by atoms with E-state index in [-0.39, 0.29) is 30.3 Å². The molecule has 0 saturated heterocycles. The highest BCUT2D eigenvalue weighted by Crippen LogP contribution is 2.10. The number of hydrogen-bond acceptors (Lipinski definition) is 12. The van der Waals surface area contributed by atoms with Gasteiger partial charge in [0.05, 0.1) is 28.4 Å². The van der Waals surface area contributed by atoms with Gasteiger partial charge in [-0.25, -0.2) is 0 Å². The Labute approximate surface area is 333 Å². The predicted octanol–water partition coefficient (Wildman–Crippen LogP) is 8.76. The zero-order chi connectivity index (χ0) is 42.0. The van der Waals surface area contributed by atoms with Crippen molar-refractivity contribution in [3.8, 4) is 0 Å². The van der Waals surface area contributed by atoms with Gasteiger partial charge in [-0.2, -0.15) is 0 Å². The minimum Gasteiger partial charge on any atom is -0.481 e. The van der Waals surface area contributed by atoms with Gasteiger partial charge in [0.1, 0.15) is 6.29 Å². The number of rotatable bonds is 33. The standard InChI is InChI=1S/C11H23NO2.C11H21NO2.C10H18O4.C10H18O3/c2*1-12-10-8-6-4-3-5-7-9-11(13)14-2;1-14-10(13)8-6-4-2-3-5-7-9(11)12;1-13-10(12)8-6-4-2-3-5-7-9-11/h12H,3-10H2,1-2H3;10H,3-9H2,1-2H3;2-8H2,1H3,(H,11,12);9H,2-8H2,1H3. The van der Waals surface area contributed by atoms with Crippen LogP contribution >= 0.6 is 0 Å². The Kier molecular flexibility index (Phi) is 56.0. The van der Waals surface area contributed by atoms with E-state index in [1.807, 2.05) is 13.3 Å². The third-order valence-electron chi connectivity index (χ3n) is 8.34. The Morgan fingerprint density at radius 3 is 1.05 bits per heavy atom. The first kappa shape index (κ1) is 58.4. The lowest BCUT2D eigenvalue weighted by Crippen LogP contribution is -2.06. The van der Waals surface area contributed by atoms with Gasteiger partial charge < -0.3 is 39.2 Å². The number of nitrogens with zero attached hydrogens (tertiary/aromatic N) is 1. The summed E-state index contributed by atoms with van der Waals surface area (Å²) in [4.78, 5) is 66.9. The summed E-state index contributed by atoms with van der Waals surface area (Å²) in [7, 11) is 9.46. The van der Waals surface area contributed by atoms with Gasteiger partial charge in [-0.3, -0.25) is 24.0 Å². The molecular formula is C42H80N2O11. The van der Waals surface area contributed by atoms with E-state index < -0.39 is 5.97 Å². The molecule has 0 fully saturated rings. The fourth-order valence-corrected chi connectivity index (χ4v) is 4.95. The van der Waals surface area contributed by atoms with Crippen LogP contribution in [0, 0.1) is 0 Å². The molecular weight excluding hydrogens is 708 g/mol. The number of carboxylic acid groups (broad SMARTS) is 1. The number of ether oxygens (including phenoxy) is 4. The molecule has 0 bridgehead atoms. The Morgan fingerprint density at radius 1 is 0.473 bits per heavy atom. The second-order valence-electron chi connectivity index (χ2n) is 13.2. The van der Waals surface area contributed by atoms with Gasteiger partial charge in [-0.15, -0.1) is 0 Å². The summed E-state index contributed by atoms with van der Waals surface area (Å²) in [6.45, 7) is 1.11. The molecule has 2 N–H and O–H groups in total. The molecule has 0 saturated carbocycles. The van der Waals surface area contributed by atoms with E-state index in [1.165, 1.54) is 73.4 Å². The number of carbonyl (C=O) groups excluding carboxylic acids is 5. The Morgan fingerprint density at radius 2 is 0.764 bits per heavy atom. The van der Waals surface area contributed by atoms with E-state index in [0.717, 1.165) is 109 Å². The van der Waals surface area contributed by atoms with Crippen LogP contribution in [0.4, 0.5) is 0 Å². The molecule has 0 aliphatic heterocycles. The third-order valence-corrected chi connectivity index (χ3v) is 8.34. The molecule has 55 heavy (non-hydrogen) atoms. The molecule has 0 unspecified atom stereocenters. The fourth-order valence-electron chi connectivity index (χ4n) is 4.95. The predicted molar refractivity (Wildman–Crippen MR) is 219 cm³/mol. The molecule has 0 rings (SSSR count). The molecule has 13 heteroatoms. The highest BCUT2D eigenvalue weighted by molar-refractivity contribution is 5.70. The average molecular weight is 789 g/mol. The number of methoxy groups -OCH3 is 4. The van der Waals surface area contributed by atoms with Gasteiger partial charge in [-0.1, -0.05) is 83.5 Å². The zero-order valence-electron chi connectivity index (χ0n) is 35.6. The van der Waals surface area contributed by atoms with Crippen LogP contribution in [-0.2, 0) is 47.7 Å². The molecule has 13 nitrogen and oxygen atoms in total. The lowest BCUT2D eigenvalue weighted by Gasteiger charge is -2.01. The quantitative estimate of drug-likeness (QED) is 0.0212. The largest absolute Gasteiger partial charge is 0.481 e. The van der Waals surface area contributed by atoms with Crippen molar-refractivity contribution in [3.63, 3.8) is 0 Å². The third kappa shape index (κ3) is 62.9. The zero-order valence-corrected chi connectivity index (χ0v) is 35.6. The van der Waals surface area contributed by atoms with E-state index in [9.17, 15) is 28.8 Å². The van der Waals surface area contributed by atoms with E-state index in [0.29, 0.717) is 32.1 Å². The average Bonchev–Trinajstić information content (AvgIpc) is 3.19. The number of hydrogen-bond donors (Lipinski definition) is 2. The summed E-state index contributed by atoms with van der Waals surface area (Å²) in [6.07, 6.45) is 29.5. The van der Waals surface area contributed by atoms with Gasteiger partial charge in [-0.05, 0) is 77.6 Å². The van der Waals surface area contributed by atoms with Crippen LogP contribution in [0.5, 0.6) is 0 Å². The SMILES string of the molecule is CN=CCCCCCCCC(=O)OC.CNCCCCCCCCC(=O)OC.COC(=O)CCCCCCCC(=O)O.COC(=O)CCCCCCCC=O. The number of carboxylic acids is 1. The summed E-state index contributed by atoms with van der Waals surface area (Å²) in [5, 5.41) is 11.5. The lowest BCUT2D eigenvalue weighted by atomic mass is 10.1. The molecule has 0 aromatic carbocycles. The van der Waals surface area contributed by atoms with Gasteiger partial charge >= 0.3 is 29.8 Å². The van der Waals surface area contributed by atoms with Crippen LogP contribution < -0.4 is 5.32 Å². The summed E-state index contributed by atoms with van der Waals surface area (Å²) >= 11 is 0. The second kappa shape index (κ2) is 52.8. The van der Waals surface area contributed by atoms with Crippen molar-refractivity contribution in [2.45, 2.75) is 180 Å². The van der Waals surface area contributed by atoms with Crippen molar-refractivity contribution >= 4 is 42.3 Å². The molecule has 0 radical (unpaired) electrons. The Bertz CT molecular complexity index is 914. The minimum atomic E-state index is -0.737. The lowest BCUT2D eigenvalue weighted by molar-refractivity contribution is -0.141. The first-order valence-electron chi connectivity index (χ1n) is 20.6. The number of aliphatic imine (C=N–C) groups is 1. The van der Waals surface area contributed by atoms with Crippen LogP contribution in [0.3, 0.4) is 0 Å². The van der Waals surface area contributed by atoms with Crippen molar-refractivity contribution < 1.29 is 52.8 Å². The number of carbonyl (C=O) groups is 6. The maximum atomic E-state index is 10.8.